The Kier molecular flexibility index (Phi) is 18.9. The molecule has 0 aromatic carbocycles. The standard InChI is InChI=1S/C12H17NO9S.C12H19NO8.Cl2OS/c1-5(14)13-9-11(19-6(2)15)10-8(4-18-23(17)22-10)21-12(9)20-7(3)16;1-5(15)13-9-11(19-6(2)16)10(18)8(4-14)21-12(9)20-7(3)17;1-4(2)3/h8-12H,4H2,1-3H3,(H,13,14);8-12,14,18H,4H2,1-3H3,(H,13,15);. The number of halogens is 2. The SMILES string of the molecule is CC(=O)NC1C(OC(C)=O)OC(CO)C(O)C1OC(C)=O.CC(=O)NC1C(OC(C)=O)OC2COS(=O)OC2C1OC(C)=O.O=S(Cl)Cl. The maximum Gasteiger partial charge on any atom is 0.305 e. The van der Waals surface area contributed by atoms with E-state index in [-0.39, 0.29) is 6.61 Å². The quantitative estimate of drug-likeness (QED) is 0.121. The van der Waals surface area contributed by atoms with E-state index in [4.69, 9.17) is 41.0 Å². The molecule has 3 rings (SSSR count). The molecule has 0 bridgehead atoms. The van der Waals surface area contributed by atoms with Gasteiger partial charge < -0.3 is 49.3 Å². The van der Waals surface area contributed by atoms with Gasteiger partial charge in [0.05, 0.1) is 13.2 Å². The molecule has 276 valence electrons. The van der Waals surface area contributed by atoms with Crippen LogP contribution in [-0.2, 0) is 86.1 Å². The van der Waals surface area contributed by atoms with Gasteiger partial charge in [-0.1, -0.05) is 0 Å². The lowest BCUT2D eigenvalue weighted by Crippen LogP contribution is -2.67. The number of carbonyl (C=O) groups excluding carboxylic acids is 6. The predicted octanol–water partition coefficient (Wildman–Crippen LogP) is -2.19. The summed E-state index contributed by atoms with van der Waals surface area (Å²) < 4.78 is 61.4. The molecule has 3 saturated heterocycles. The summed E-state index contributed by atoms with van der Waals surface area (Å²) in [5, 5.41) is 24.1. The van der Waals surface area contributed by atoms with Crippen LogP contribution in [0.25, 0.3) is 0 Å². The zero-order valence-electron chi connectivity index (χ0n) is 26.2. The summed E-state index contributed by atoms with van der Waals surface area (Å²) in [6.07, 6.45) is -9.03. The minimum Gasteiger partial charge on any atom is -0.457 e. The lowest BCUT2D eigenvalue weighted by molar-refractivity contribution is -0.266. The minimum atomic E-state index is -2.04. The highest BCUT2D eigenvalue weighted by Crippen LogP contribution is 2.31. The highest BCUT2D eigenvalue weighted by atomic mass is 36.0. The molecule has 3 aliphatic heterocycles. The second kappa shape index (κ2) is 20.9. The van der Waals surface area contributed by atoms with Crippen molar-refractivity contribution >= 4 is 77.6 Å². The summed E-state index contributed by atoms with van der Waals surface area (Å²) in [6, 6.07) is -2.11. The van der Waals surface area contributed by atoms with Gasteiger partial charge in [-0.15, -0.1) is 0 Å². The highest BCUT2D eigenvalue weighted by Gasteiger charge is 2.53. The molecule has 0 aliphatic carbocycles. The van der Waals surface area contributed by atoms with Crippen molar-refractivity contribution in [3.05, 3.63) is 0 Å². The van der Waals surface area contributed by atoms with E-state index < -0.39 is 124 Å². The Bertz CT molecular complexity index is 1210. The number of aliphatic hydroxyl groups excluding tert-OH is 2. The molecule has 3 fully saturated rings. The predicted molar refractivity (Wildman–Crippen MR) is 159 cm³/mol. The van der Waals surface area contributed by atoms with Crippen LogP contribution in [0.15, 0.2) is 0 Å². The molecular weight excluding hydrogens is 739 g/mol. The van der Waals surface area contributed by atoms with Crippen LogP contribution < -0.4 is 10.6 Å². The molecule has 0 saturated carbocycles. The highest BCUT2D eigenvalue weighted by molar-refractivity contribution is 8.26. The van der Waals surface area contributed by atoms with Crippen LogP contribution in [0.4, 0.5) is 0 Å². The maximum atomic E-state index is 11.4. The average molecular weight is 776 g/mol. The molecule has 0 aromatic heterocycles. The van der Waals surface area contributed by atoms with E-state index in [1.165, 1.54) is 27.7 Å². The number of ether oxygens (including phenoxy) is 6. The van der Waals surface area contributed by atoms with E-state index in [1.54, 1.807) is 0 Å². The number of hydrogen-bond acceptors (Lipinski definition) is 18. The molecule has 11 unspecified atom stereocenters. The Morgan fingerprint density at radius 1 is 0.792 bits per heavy atom. The second-order valence-electron chi connectivity index (χ2n) is 9.81. The molecule has 4 N–H and O–H groups in total. The summed E-state index contributed by atoms with van der Waals surface area (Å²) in [4.78, 5) is 67.6. The number of fused-ring (bicyclic) bond motifs is 1. The fourth-order valence-corrected chi connectivity index (χ4v) is 5.15. The summed E-state index contributed by atoms with van der Waals surface area (Å²) in [6.45, 7) is 6.36. The monoisotopic (exact) mass is 774 g/mol. The Morgan fingerprint density at radius 3 is 1.62 bits per heavy atom. The van der Waals surface area contributed by atoms with Gasteiger partial charge in [-0.25, -0.2) is 4.21 Å². The van der Waals surface area contributed by atoms with Gasteiger partial charge in [-0.3, -0.25) is 37.1 Å². The van der Waals surface area contributed by atoms with Crippen molar-refractivity contribution in [2.75, 3.05) is 13.2 Å². The smallest absolute Gasteiger partial charge is 0.305 e. The fourth-order valence-electron chi connectivity index (χ4n) is 4.43. The Labute approximate surface area is 287 Å². The lowest BCUT2D eigenvalue weighted by Gasteiger charge is -2.45. The molecular formula is C24H36Cl2N2O18S2. The van der Waals surface area contributed by atoms with Gasteiger partial charge in [0.25, 0.3) is 0 Å². The molecule has 11 atom stereocenters. The number of esters is 4. The number of carbonyl (C=O) groups is 6. The van der Waals surface area contributed by atoms with Crippen LogP contribution in [0.1, 0.15) is 41.5 Å². The molecule has 20 nitrogen and oxygen atoms in total. The molecule has 0 radical (unpaired) electrons. The third-order valence-corrected chi connectivity index (χ3v) is 6.63. The summed E-state index contributed by atoms with van der Waals surface area (Å²) in [5.41, 5.74) is 0. The van der Waals surface area contributed by atoms with Crippen molar-refractivity contribution in [1.82, 2.24) is 10.6 Å². The Balaban J connectivity index is 0.000000433. The van der Waals surface area contributed by atoms with Crippen molar-refractivity contribution < 1.29 is 84.2 Å². The van der Waals surface area contributed by atoms with Crippen LogP contribution in [-0.4, -0.2) is 129 Å². The van der Waals surface area contributed by atoms with E-state index in [1.807, 2.05) is 0 Å². The van der Waals surface area contributed by atoms with Crippen molar-refractivity contribution in [2.45, 2.75) is 103 Å². The van der Waals surface area contributed by atoms with Crippen molar-refractivity contribution in [1.29, 1.82) is 0 Å². The van der Waals surface area contributed by atoms with Gasteiger partial charge in [0.2, 0.25) is 33.6 Å². The van der Waals surface area contributed by atoms with Gasteiger partial charge in [-0.05, 0) is 0 Å². The topological polar surface area (TPSA) is 275 Å². The second-order valence-corrected chi connectivity index (χ2v) is 13.2. The van der Waals surface area contributed by atoms with Gasteiger partial charge >= 0.3 is 35.2 Å². The van der Waals surface area contributed by atoms with Gasteiger partial charge in [0.1, 0.15) is 36.5 Å². The lowest BCUT2D eigenvalue weighted by atomic mass is 9.96. The first-order chi connectivity index (χ1) is 22.3. The van der Waals surface area contributed by atoms with Gasteiger partial charge in [0, 0.05) is 62.9 Å². The van der Waals surface area contributed by atoms with E-state index >= 15 is 0 Å². The number of nitrogens with one attached hydrogen (secondary N) is 2. The number of rotatable bonds is 7. The van der Waals surface area contributed by atoms with Crippen molar-refractivity contribution in [2.24, 2.45) is 0 Å². The third-order valence-electron chi connectivity index (χ3n) is 5.93. The molecule has 2 amide bonds. The van der Waals surface area contributed by atoms with Gasteiger partial charge in [-0.2, -0.15) is 4.21 Å². The number of hydrogen-bond donors (Lipinski definition) is 4. The molecule has 3 aliphatic rings. The minimum absolute atomic E-state index is 0.112. The molecule has 0 aromatic rings. The zero-order valence-corrected chi connectivity index (χ0v) is 29.3. The van der Waals surface area contributed by atoms with Crippen LogP contribution in [0, 0.1) is 0 Å². The zero-order chi connectivity index (χ0) is 36.9. The van der Waals surface area contributed by atoms with E-state index in [0.29, 0.717) is 0 Å². The van der Waals surface area contributed by atoms with E-state index in [0.717, 1.165) is 13.8 Å². The first-order valence-electron chi connectivity index (χ1n) is 13.6. The number of amides is 2. The Hall–Kier alpha value is -2.54. The first-order valence-corrected chi connectivity index (χ1v) is 17.4. The maximum absolute atomic E-state index is 11.4. The van der Waals surface area contributed by atoms with Crippen LogP contribution in [0.2, 0.25) is 0 Å². The summed E-state index contributed by atoms with van der Waals surface area (Å²) >= 11 is -2.04. The number of aliphatic hydroxyl groups is 2. The average Bonchev–Trinajstić information content (AvgIpc) is 2.93. The first kappa shape index (κ1) is 43.5. The van der Waals surface area contributed by atoms with Crippen LogP contribution >= 0.6 is 21.4 Å². The summed E-state index contributed by atoms with van der Waals surface area (Å²) in [7, 11) is 7.36. The molecule has 3 heterocycles. The molecule has 0 spiro atoms. The van der Waals surface area contributed by atoms with Crippen LogP contribution in [0.3, 0.4) is 0 Å². The van der Waals surface area contributed by atoms with Crippen molar-refractivity contribution in [3.63, 3.8) is 0 Å². The fraction of sp³-hybridized carbons (Fsp3) is 0.750. The Morgan fingerprint density at radius 2 is 1.21 bits per heavy atom. The molecule has 48 heavy (non-hydrogen) atoms. The normalized spacial score (nSPS) is 32.3. The van der Waals surface area contributed by atoms with E-state index in [2.05, 4.69) is 32.0 Å². The largest absolute Gasteiger partial charge is 0.457 e. The van der Waals surface area contributed by atoms with Crippen molar-refractivity contribution in [3.8, 4) is 0 Å². The van der Waals surface area contributed by atoms with Crippen LogP contribution in [0.5, 0.6) is 0 Å². The summed E-state index contributed by atoms with van der Waals surface area (Å²) in [5.74, 6) is -3.63. The molecule has 24 heteroatoms. The van der Waals surface area contributed by atoms with E-state index in [9.17, 15) is 43.2 Å². The van der Waals surface area contributed by atoms with Gasteiger partial charge in [0.15, 0.2) is 12.2 Å². The third kappa shape index (κ3) is 14.9.